The zero-order valence-electron chi connectivity index (χ0n) is 12.3. The van der Waals surface area contributed by atoms with E-state index < -0.39 is 0 Å². The molecule has 1 heterocycles. The van der Waals surface area contributed by atoms with Crippen LogP contribution in [0.4, 0.5) is 4.39 Å². The number of rotatable bonds is 7. The van der Waals surface area contributed by atoms with Crippen molar-refractivity contribution in [3.63, 3.8) is 0 Å². The molecular formula is C16H24FNO2. The molecule has 3 nitrogen and oxygen atoms in total. The summed E-state index contributed by atoms with van der Waals surface area (Å²) in [5, 5.41) is 3.35. The first-order chi connectivity index (χ1) is 9.65. The molecule has 2 unspecified atom stereocenters. The monoisotopic (exact) mass is 281 g/mol. The van der Waals surface area contributed by atoms with Crippen LogP contribution in [0.1, 0.15) is 38.4 Å². The quantitative estimate of drug-likeness (QED) is 0.833. The van der Waals surface area contributed by atoms with Crippen LogP contribution in [0.2, 0.25) is 0 Å². The Labute approximate surface area is 120 Å². The minimum absolute atomic E-state index is 0.141. The summed E-state index contributed by atoms with van der Waals surface area (Å²) >= 11 is 0. The van der Waals surface area contributed by atoms with Crippen LogP contribution in [-0.4, -0.2) is 31.9 Å². The standard InChI is InChI=1S/C16H24FNO2/c1-12(2)18-10-16(13-5-3-6-14(17)9-13)20-11-15-7-4-8-19-15/h3,5-6,9,12,15-16,18H,4,7-8,10-11H2,1-2H3. The molecule has 0 bridgehead atoms. The first-order valence-corrected chi connectivity index (χ1v) is 7.37. The first kappa shape index (κ1) is 15.4. The number of hydrogen-bond donors (Lipinski definition) is 1. The summed E-state index contributed by atoms with van der Waals surface area (Å²) < 4.78 is 24.9. The van der Waals surface area contributed by atoms with Crippen LogP contribution >= 0.6 is 0 Å². The lowest BCUT2D eigenvalue weighted by atomic mass is 10.1. The van der Waals surface area contributed by atoms with Gasteiger partial charge in [0.2, 0.25) is 0 Å². The van der Waals surface area contributed by atoms with Gasteiger partial charge in [0.05, 0.1) is 18.8 Å². The van der Waals surface area contributed by atoms with Gasteiger partial charge in [-0.2, -0.15) is 0 Å². The fourth-order valence-corrected chi connectivity index (χ4v) is 2.32. The maximum absolute atomic E-state index is 13.4. The molecule has 2 rings (SSSR count). The Bertz CT molecular complexity index is 405. The normalized spacial score (nSPS) is 20.5. The first-order valence-electron chi connectivity index (χ1n) is 7.37. The van der Waals surface area contributed by atoms with E-state index in [0.717, 1.165) is 25.0 Å². The summed E-state index contributed by atoms with van der Waals surface area (Å²) in [5.41, 5.74) is 0.871. The van der Waals surface area contributed by atoms with Crippen LogP contribution < -0.4 is 5.32 Å². The number of benzene rings is 1. The second-order valence-electron chi connectivity index (χ2n) is 5.57. The van der Waals surface area contributed by atoms with Crippen molar-refractivity contribution in [3.8, 4) is 0 Å². The average molecular weight is 281 g/mol. The summed E-state index contributed by atoms with van der Waals surface area (Å²) in [6, 6.07) is 7.00. The third-order valence-electron chi connectivity index (χ3n) is 3.44. The van der Waals surface area contributed by atoms with Gasteiger partial charge in [-0.15, -0.1) is 0 Å². The number of hydrogen-bond acceptors (Lipinski definition) is 3. The van der Waals surface area contributed by atoms with E-state index in [4.69, 9.17) is 9.47 Å². The summed E-state index contributed by atoms with van der Waals surface area (Å²) in [5.74, 6) is -0.224. The molecular weight excluding hydrogens is 257 g/mol. The highest BCUT2D eigenvalue weighted by Crippen LogP contribution is 2.21. The van der Waals surface area contributed by atoms with Crippen LogP contribution in [-0.2, 0) is 9.47 Å². The summed E-state index contributed by atoms with van der Waals surface area (Å²) in [6.45, 7) is 6.24. The van der Waals surface area contributed by atoms with Crippen LogP contribution in [0, 0.1) is 5.82 Å². The third-order valence-corrected chi connectivity index (χ3v) is 3.44. The lowest BCUT2D eigenvalue weighted by Gasteiger charge is -2.22. The average Bonchev–Trinajstić information content (AvgIpc) is 2.91. The molecule has 0 spiro atoms. The highest BCUT2D eigenvalue weighted by Gasteiger charge is 2.19. The van der Waals surface area contributed by atoms with Gasteiger partial charge in [0.1, 0.15) is 5.82 Å². The zero-order chi connectivity index (χ0) is 14.4. The highest BCUT2D eigenvalue weighted by molar-refractivity contribution is 5.19. The van der Waals surface area contributed by atoms with E-state index in [0.29, 0.717) is 19.2 Å². The van der Waals surface area contributed by atoms with Gasteiger partial charge in [0.15, 0.2) is 0 Å². The van der Waals surface area contributed by atoms with Crippen LogP contribution in [0.3, 0.4) is 0 Å². The van der Waals surface area contributed by atoms with Crippen molar-refractivity contribution in [1.29, 1.82) is 0 Å². The van der Waals surface area contributed by atoms with Gasteiger partial charge in [-0.05, 0) is 30.5 Å². The zero-order valence-corrected chi connectivity index (χ0v) is 12.3. The molecule has 20 heavy (non-hydrogen) atoms. The predicted molar refractivity (Wildman–Crippen MR) is 77.2 cm³/mol. The van der Waals surface area contributed by atoms with Crippen molar-refractivity contribution in [1.82, 2.24) is 5.32 Å². The van der Waals surface area contributed by atoms with Gasteiger partial charge in [-0.1, -0.05) is 26.0 Å². The van der Waals surface area contributed by atoms with Gasteiger partial charge in [-0.25, -0.2) is 4.39 Å². The maximum atomic E-state index is 13.4. The molecule has 1 N–H and O–H groups in total. The highest BCUT2D eigenvalue weighted by atomic mass is 19.1. The molecule has 1 saturated heterocycles. The molecule has 0 radical (unpaired) electrons. The lowest BCUT2D eigenvalue weighted by Crippen LogP contribution is -2.30. The van der Waals surface area contributed by atoms with E-state index in [2.05, 4.69) is 19.2 Å². The van der Waals surface area contributed by atoms with E-state index in [1.54, 1.807) is 12.1 Å². The molecule has 2 atom stereocenters. The van der Waals surface area contributed by atoms with E-state index in [1.807, 2.05) is 6.07 Å². The molecule has 0 aromatic heterocycles. The molecule has 1 aromatic rings. The molecule has 0 saturated carbocycles. The predicted octanol–water partition coefficient (Wildman–Crippen LogP) is 3.06. The molecule has 1 fully saturated rings. The van der Waals surface area contributed by atoms with Crippen LogP contribution in [0.25, 0.3) is 0 Å². The topological polar surface area (TPSA) is 30.5 Å². The van der Waals surface area contributed by atoms with E-state index in [-0.39, 0.29) is 18.0 Å². The molecule has 0 amide bonds. The third kappa shape index (κ3) is 4.85. The van der Waals surface area contributed by atoms with E-state index >= 15 is 0 Å². The SMILES string of the molecule is CC(C)NCC(OCC1CCCO1)c1cccc(F)c1. The van der Waals surface area contributed by atoms with Crippen LogP contribution in [0.15, 0.2) is 24.3 Å². The van der Waals surface area contributed by atoms with Crippen molar-refractivity contribution in [3.05, 3.63) is 35.6 Å². The fourth-order valence-electron chi connectivity index (χ4n) is 2.32. The second kappa shape index (κ2) is 7.72. The smallest absolute Gasteiger partial charge is 0.123 e. The summed E-state index contributed by atoms with van der Waals surface area (Å²) in [7, 11) is 0. The summed E-state index contributed by atoms with van der Waals surface area (Å²) in [4.78, 5) is 0. The molecule has 1 aliphatic heterocycles. The Balaban J connectivity index is 1.95. The van der Waals surface area contributed by atoms with Gasteiger partial charge in [0, 0.05) is 19.2 Å². The molecule has 0 aliphatic carbocycles. The van der Waals surface area contributed by atoms with Gasteiger partial charge < -0.3 is 14.8 Å². The molecule has 4 heteroatoms. The Morgan fingerprint density at radius 2 is 2.30 bits per heavy atom. The van der Waals surface area contributed by atoms with E-state index in [9.17, 15) is 4.39 Å². The van der Waals surface area contributed by atoms with Gasteiger partial charge >= 0.3 is 0 Å². The maximum Gasteiger partial charge on any atom is 0.123 e. The Hall–Kier alpha value is -0.970. The Kier molecular flexibility index (Phi) is 5.95. The number of halogens is 1. The number of ether oxygens (including phenoxy) is 2. The van der Waals surface area contributed by atoms with Crippen molar-refractivity contribution in [2.75, 3.05) is 19.8 Å². The Morgan fingerprint density at radius 1 is 1.45 bits per heavy atom. The van der Waals surface area contributed by atoms with Gasteiger partial charge in [-0.3, -0.25) is 0 Å². The van der Waals surface area contributed by atoms with Crippen molar-refractivity contribution in [2.45, 2.75) is 44.9 Å². The molecule has 1 aliphatic rings. The van der Waals surface area contributed by atoms with E-state index in [1.165, 1.54) is 6.07 Å². The van der Waals surface area contributed by atoms with Crippen molar-refractivity contribution in [2.24, 2.45) is 0 Å². The molecule has 1 aromatic carbocycles. The van der Waals surface area contributed by atoms with Crippen molar-refractivity contribution < 1.29 is 13.9 Å². The lowest BCUT2D eigenvalue weighted by molar-refractivity contribution is -0.0215. The minimum Gasteiger partial charge on any atom is -0.376 e. The number of nitrogens with one attached hydrogen (secondary N) is 1. The summed E-state index contributed by atoms with van der Waals surface area (Å²) in [6.07, 6.45) is 2.19. The largest absolute Gasteiger partial charge is 0.376 e. The fraction of sp³-hybridized carbons (Fsp3) is 0.625. The molecule has 112 valence electrons. The minimum atomic E-state index is -0.224. The Morgan fingerprint density at radius 3 is 2.95 bits per heavy atom. The second-order valence-corrected chi connectivity index (χ2v) is 5.57. The van der Waals surface area contributed by atoms with Crippen molar-refractivity contribution >= 4 is 0 Å². The van der Waals surface area contributed by atoms with Crippen LogP contribution in [0.5, 0.6) is 0 Å². The van der Waals surface area contributed by atoms with Gasteiger partial charge in [0.25, 0.3) is 0 Å².